The van der Waals surface area contributed by atoms with E-state index in [2.05, 4.69) is 12.0 Å². The number of aromatic nitrogens is 2. The van der Waals surface area contributed by atoms with Crippen molar-refractivity contribution in [3.05, 3.63) is 11.9 Å². The minimum atomic E-state index is -0.450. The number of unbranched alkanes of at least 4 members (excludes halogenated alkanes) is 1. The van der Waals surface area contributed by atoms with Gasteiger partial charge in [-0.3, -0.25) is 4.68 Å². The Kier molecular flexibility index (Phi) is 6.09. The number of nitrogens with zero attached hydrogens (tertiary/aromatic N) is 2. The van der Waals surface area contributed by atoms with Crippen molar-refractivity contribution in [2.24, 2.45) is 11.8 Å². The standard InChI is InChI=1S/C17H30N2O2/c1-4-6-7-13-8-10-14(11-9-13)17(20)16-15(21-3)12-18-19(16)5-2/h12-14,17,20H,4-11H2,1-3H3. The fourth-order valence-electron chi connectivity index (χ4n) is 3.59. The normalized spacial score (nSPS) is 24.0. The van der Waals surface area contributed by atoms with Crippen LogP contribution in [0.2, 0.25) is 0 Å². The van der Waals surface area contributed by atoms with Crippen LogP contribution in [0, 0.1) is 11.8 Å². The number of hydrogen-bond donors (Lipinski definition) is 1. The van der Waals surface area contributed by atoms with Crippen LogP contribution in [-0.2, 0) is 6.54 Å². The second-order valence-electron chi connectivity index (χ2n) is 6.28. The fourth-order valence-corrected chi connectivity index (χ4v) is 3.59. The molecule has 120 valence electrons. The maximum atomic E-state index is 10.8. The summed E-state index contributed by atoms with van der Waals surface area (Å²) in [4.78, 5) is 0. The van der Waals surface area contributed by atoms with E-state index in [0.717, 1.165) is 36.7 Å². The Bertz CT molecular complexity index is 401. The van der Waals surface area contributed by atoms with Crippen molar-refractivity contribution in [2.75, 3.05) is 7.11 Å². The molecular weight excluding hydrogens is 264 g/mol. The van der Waals surface area contributed by atoms with Crippen LogP contribution in [0.15, 0.2) is 6.20 Å². The summed E-state index contributed by atoms with van der Waals surface area (Å²) in [5.41, 5.74) is 0.858. The van der Waals surface area contributed by atoms with E-state index in [-0.39, 0.29) is 0 Å². The number of rotatable bonds is 7. The number of ether oxygens (including phenoxy) is 1. The molecule has 0 amide bonds. The molecule has 21 heavy (non-hydrogen) atoms. The summed E-state index contributed by atoms with van der Waals surface area (Å²) in [7, 11) is 1.65. The van der Waals surface area contributed by atoms with E-state index in [0.29, 0.717) is 5.92 Å². The molecule has 1 unspecified atom stereocenters. The second kappa shape index (κ2) is 7.83. The smallest absolute Gasteiger partial charge is 0.162 e. The summed E-state index contributed by atoms with van der Waals surface area (Å²) < 4.78 is 7.24. The Morgan fingerprint density at radius 2 is 2.05 bits per heavy atom. The van der Waals surface area contributed by atoms with Gasteiger partial charge in [-0.05, 0) is 31.6 Å². The van der Waals surface area contributed by atoms with E-state index >= 15 is 0 Å². The first kappa shape index (κ1) is 16.3. The third kappa shape index (κ3) is 3.79. The molecule has 1 aromatic heterocycles. The Morgan fingerprint density at radius 3 is 2.62 bits per heavy atom. The van der Waals surface area contributed by atoms with Crippen LogP contribution in [0.5, 0.6) is 5.75 Å². The van der Waals surface area contributed by atoms with E-state index < -0.39 is 6.10 Å². The summed E-state index contributed by atoms with van der Waals surface area (Å²) >= 11 is 0. The molecule has 0 aromatic carbocycles. The number of aryl methyl sites for hydroxylation is 1. The van der Waals surface area contributed by atoms with Crippen LogP contribution in [0.25, 0.3) is 0 Å². The lowest BCUT2D eigenvalue weighted by atomic mass is 9.77. The molecule has 1 N–H and O–H groups in total. The molecule has 0 spiro atoms. The van der Waals surface area contributed by atoms with Crippen molar-refractivity contribution < 1.29 is 9.84 Å². The summed E-state index contributed by atoms with van der Waals surface area (Å²) in [5.74, 6) is 1.93. The Balaban J connectivity index is 1.98. The molecule has 1 aliphatic rings. The molecule has 0 radical (unpaired) electrons. The van der Waals surface area contributed by atoms with Gasteiger partial charge in [-0.2, -0.15) is 5.10 Å². The van der Waals surface area contributed by atoms with Crippen LogP contribution >= 0.6 is 0 Å². The first-order chi connectivity index (χ1) is 10.2. The predicted octanol–water partition coefficient (Wildman–Crippen LogP) is 3.94. The molecule has 4 nitrogen and oxygen atoms in total. The van der Waals surface area contributed by atoms with Gasteiger partial charge in [0.05, 0.1) is 13.3 Å². The molecule has 1 aliphatic carbocycles. The highest BCUT2D eigenvalue weighted by Gasteiger charge is 2.31. The molecule has 0 bridgehead atoms. The van der Waals surface area contributed by atoms with Crippen molar-refractivity contribution in [1.82, 2.24) is 9.78 Å². The van der Waals surface area contributed by atoms with Crippen molar-refractivity contribution in [3.63, 3.8) is 0 Å². The molecule has 0 aliphatic heterocycles. The fraction of sp³-hybridized carbons (Fsp3) is 0.824. The molecule has 1 atom stereocenters. The van der Waals surface area contributed by atoms with Gasteiger partial charge in [-0.1, -0.05) is 39.0 Å². The van der Waals surface area contributed by atoms with Crippen LogP contribution in [0.4, 0.5) is 0 Å². The molecular formula is C17H30N2O2. The monoisotopic (exact) mass is 294 g/mol. The summed E-state index contributed by atoms with van der Waals surface area (Å²) in [6.07, 6.45) is 10.00. The van der Waals surface area contributed by atoms with E-state index in [1.807, 2.05) is 11.6 Å². The molecule has 0 saturated heterocycles. The lowest BCUT2D eigenvalue weighted by Gasteiger charge is -2.32. The Morgan fingerprint density at radius 1 is 1.33 bits per heavy atom. The van der Waals surface area contributed by atoms with Crippen molar-refractivity contribution in [1.29, 1.82) is 0 Å². The minimum absolute atomic E-state index is 0.346. The van der Waals surface area contributed by atoms with Crippen LogP contribution in [0.3, 0.4) is 0 Å². The quantitative estimate of drug-likeness (QED) is 0.828. The predicted molar refractivity (Wildman–Crippen MR) is 84.4 cm³/mol. The van der Waals surface area contributed by atoms with Gasteiger partial charge in [0.15, 0.2) is 5.75 Å². The highest BCUT2D eigenvalue weighted by atomic mass is 16.5. The van der Waals surface area contributed by atoms with E-state index in [1.54, 1.807) is 13.3 Å². The number of methoxy groups -OCH3 is 1. The first-order valence-corrected chi connectivity index (χ1v) is 8.48. The molecule has 1 saturated carbocycles. The molecule has 1 heterocycles. The first-order valence-electron chi connectivity index (χ1n) is 8.48. The lowest BCUT2D eigenvalue weighted by molar-refractivity contribution is 0.0628. The van der Waals surface area contributed by atoms with Crippen molar-refractivity contribution >= 4 is 0 Å². The van der Waals surface area contributed by atoms with E-state index in [4.69, 9.17) is 4.74 Å². The molecule has 1 fully saturated rings. The van der Waals surface area contributed by atoms with Crippen LogP contribution in [0.1, 0.15) is 70.6 Å². The topological polar surface area (TPSA) is 47.3 Å². The average Bonchev–Trinajstić information content (AvgIpc) is 2.95. The van der Waals surface area contributed by atoms with E-state index in [1.165, 1.54) is 32.1 Å². The van der Waals surface area contributed by atoms with Gasteiger partial charge in [0, 0.05) is 6.54 Å². The largest absolute Gasteiger partial charge is 0.493 e. The van der Waals surface area contributed by atoms with Gasteiger partial charge in [-0.25, -0.2) is 0 Å². The maximum Gasteiger partial charge on any atom is 0.162 e. The average molecular weight is 294 g/mol. The summed E-state index contributed by atoms with van der Waals surface area (Å²) in [6.45, 7) is 5.07. The van der Waals surface area contributed by atoms with Gasteiger partial charge in [0.2, 0.25) is 0 Å². The van der Waals surface area contributed by atoms with Crippen molar-refractivity contribution in [2.45, 2.75) is 71.4 Å². The third-order valence-electron chi connectivity index (χ3n) is 4.95. The molecule has 1 aromatic rings. The summed E-state index contributed by atoms with van der Waals surface area (Å²) in [5, 5.41) is 15.1. The Hall–Kier alpha value is -1.03. The number of aliphatic hydroxyl groups excluding tert-OH is 1. The van der Waals surface area contributed by atoms with Gasteiger partial charge in [0.25, 0.3) is 0 Å². The highest BCUT2D eigenvalue weighted by molar-refractivity contribution is 5.27. The molecule has 4 heteroatoms. The van der Waals surface area contributed by atoms with E-state index in [9.17, 15) is 5.11 Å². The lowest BCUT2D eigenvalue weighted by Crippen LogP contribution is -2.23. The molecule has 2 rings (SSSR count). The SMILES string of the molecule is CCCCC1CCC(C(O)c2c(OC)cnn2CC)CC1. The maximum absolute atomic E-state index is 10.8. The summed E-state index contributed by atoms with van der Waals surface area (Å²) in [6, 6.07) is 0. The third-order valence-corrected chi connectivity index (χ3v) is 4.95. The van der Waals surface area contributed by atoms with Crippen LogP contribution < -0.4 is 4.74 Å². The van der Waals surface area contributed by atoms with Gasteiger partial charge >= 0.3 is 0 Å². The van der Waals surface area contributed by atoms with Crippen molar-refractivity contribution in [3.8, 4) is 5.75 Å². The zero-order valence-electron chi connectivity index (χ0n) is 13.7. The number of aliphatic hydroxyl groups is 1. The zero-order valence-corrected chi connectivity index (χ0v) is 13.7. The minimum Gasteiger partial charge on any atom is -0.493 e. The second-order valence-corrected chi connectivity index (χ2v) is 6.28. The van der Waals surface area contributed by atoms with Crippen LogP contribution in [-0.4, -0.2) is 22.0 Å². The van der Waals surface area contributed by atoms with Gasteiger partial charge in [-0.15, -0.1) is 0 Å². The van der Waals surface area contributed by atoms with Gasteiger partial charge < -0.3 is 9.84 Å². The van der Waals surface area contributed by atoms with Gasteiger partial charge in [0.1, 0.15) is 11.8 Å². The number of hydrogen-bond acceptors (Lipinski definition) is 3. The highest BCUT2D eigenvalue weighted by Crippen LogP contribution is 2.40. The zero-order chi connectivity index (χ0) is 15.2. The Labute approximate surface area is 128 Å².